The molecule has 0 radical (unpaired) electrons. The molecule has 3 rings (SSSR count). The molecule has 0 aromatic heterocycles. The Hall–Kier alpha value is -1.68. The zero-order valence-corrected chi connectivity index (χ0v) is 11.9. The summed E-state index contributed by atoms with van der Waals surface area (Å²) in [6.07, 6.45) is -0.430. The summed E-state index contributed by atoms with van der Waals surface area (Å²) >= 11 is 0. The summed E-state index contributed by atoms with van der Waals surface area (Å²) in [6.45, 7) is 1.30. The lowest BCUT2D eigenvalue weighted by Crippen LogP contribution is -2.49. The van der Waals surface area contributed by atoms with Gasteiger partial charge in [0.25, 0.3) is 0 Å². The van der Waals surface area contributed by atoms with Gasteiger partial charge in [-0.15, -0.1) is 9.48 Å². The highest BCUT2D eigenvalue weighted by Gasteiger charge is 2.95. The molecule has 3 amide bonds. The fourth-order valence-corrected chi connectivity index (χ4v) is 3.01. The molecule has 5 unspecified atom stereocenters. The van der Waals surface area contributed by atoms with E-state index in [-0.39, 0.29) is 18.2 Å². The van der Waals surface area contributed by atoms with Crippen LogP contribution in [0.15, 0.2) is 17.3 Å². The van der Waals surface area contributed by atoms with E-state index < -0.39 is 41.3 Å². The lowest BCUT2D eigenvalue weighted by Gasteiger charge is -2.24. The summed E-state index contributed by atoms with van der Waals surface area (Å²) in [7, 11) is 0. The van der Waals surface area contributed by atoms with Crippen molar-refractivity contribution in [2.75, 3.05) is 6.61 Å². The van der Waals surface area contributed by atoms with Crippen LogP contribution >= 0.6 is 0 Å². The van der Waals surface area contributed by atoms with E-state index in [1.165, 1.54) is 12.3 Å². The molecular formula is C13H17FN3O5+. The van der Waals surface area contributed by atoms with Crippen molar-refractivity contribution in [2.45, 2.75) is 44.0 Å². The highest BCUT2D eigenvalue weighted by atomic mass is 19.2. The first-order valence-corrected chi connectivity index (χ1v) is 7.06. The molecule has 3 N–H and O–H groups in total. The SMILES string of the molecule is CCCC(=O)NC1=NC(=O)[N+]2(C=C1)C1OC(CO)C(O)C12F. The van der Waals surface area contributed by atoms with Crippen molar-refractivity contribution >= 4 is 17.8 Å². The number of amidine groups is 1. The molecule has 0 aromatic rings. The molecule has 5 atom stereocenters. The van der Waals surface area contributed by atoms with E-state index in [2.05, 4.69) is 10.3 Å². The number of fused-ring (bicyclic) bond motifs is 3. The number of amides is 3. The predicted molar refractivity (Wildman–Crippen MR) is 70.9 cm³/mol. The second kappa shape index (κ2) is 4.92. The van der Waals surface area contributed by atoms with Crippen molar-refractivity contribution in [2.24, 2.45) is 4.99 Å². The fraction of sp³-hybridized carbons (Fsp3) is 0.615. The molecule has 1 spiro atoms. The average molecular weight is 314 g/mol. The number of nitrogens with one attached hydrogen (secondary N) is 1. The molecule has 0 aliphatic carbocycles. The van der Waals surface area contributed by atoms with Gasteiger partial charge in [0, 0.05) is 12.5 Å². The smallest absolute Gasteiger partial charge is 0.394 e. The number of quaternary nitrogens is 1. The van der Waals surface area contributed by atoms with Crippen molar-refractivity contribution in [3.05, 3.63) is 12.3 Å². The third kappa shape index (κ3) is 1.73. The number of hydrogen-bond donors (Lipinski definition) is 3. The van der Waals surface area contributed by atoms with Crippen LogP contribution in [0.2, 0.25) is 0 Å². The summed E-state index contributed by atoms with van der Waals surface area (Å²) in [5.41, 5.74) is 0. The zero-order chi connectivity index (χ0) is 16.1. The van der Waals surface area contributed by atoms with Crippen molar-refractivity contribution in [1.82, 2.24) is 5.32 Å². The van der Waals surface area contributed by atoms with Gasteiger partial charge >= 0.3 is 18.1 Å². The third-order valence-corrected chi connectivity index (χ3v) is 4.21. The van der Waals surface area contributed by atoms with Crippen LogP contribution in [-0.2, 0) is 9.53 Å². The summed E-state index contributed by atoms with van der Waals surface area (Å²) in [5.74, 6) is -2.60. The minimum atomic E-state index is -2.34. The van der Waals surface area contributed by atoms with E-state index in [0.717, 1.165) is 0 Å². The van der Waals surface area contributed by atoms with Gasteiger partial charge in [-0.2, -0.15) is 4.39 Å². The Balaban J connectivity index is 1.76. The minimum absolute atomic E-state index is 0.0361. The Labute approximate surface area is 125 Å². The van der Waals surface area contributed by atoms with Crippen LogP contribution in [0.25, 0.3) is 0 Å². The molecule has 9 heteroatoms. The molecule has 0 saturated carbocycles. The number of halogens is 1. The predicted octanol–water partition coefficient (Wildman–Crippen LogP) is -0.477. The van der Waals surface area contributed by atoms with E-state index in [1.54, 1.807) is 0 Å². The highest BCUT2D eigenvalue weighted by Crippen LogP contribution is 2.62. The summed E-state index contributed by atoms with van der Waals surface area (Å²) in [6, 6.07) is -0.864. The number of aliphatic hydroxyl groups is 2. The number of alkyl halides is 1. The van der Waals surface area contributed by atoms with Gasteiger partial charge in [-0.05, 0) is 6.42 Å². The van der Waals surface area contributed by atoms with E-state index >= 15 is 0 Å². The highest BCUT2D eigenvalue weighted by molar-refractivity contribution is 6.08. The molecule has 0 bridgehead atoms. The van der Waals surface area contributed by atoms with Gasteiger partial charge in [-0.3, -0.25) is 4.79 Å². The first-order valence-electron chi connectivity index (χ1n) is 7.06. The lowest BCUT2D eigenvalue weighted by molar-refractivity contribution is -0.743. The first-order chi connectivity index (χ1) is 10.4. The van der Waals surface area contributed by atoms with Crippen LogP contribution < -0.4 is 5.32 Å². The van der Waals surface area contributed by atoms with Gasteiger partial charge in [0.1, 0.15) is 18.1 Å². The van der Waals surface area contributed by atoms with Crippen LogP contribution in [0.3, 0.4) is 0 Å². The van der Waals surface area contributed by atoms with Gasteiger partial charge in [-0.25, -0.2) is 4.79 Å². The number of aliphatic imine (C=N–C) groups is 1. The molecule has 8 nitrogen and oxygen atoms in total. The van der Waals surface area contributed by atoms with Crippen LogP contribution in [0.5, 0.6) is 0 Å². The zero-order valence-electron chi connectivity index (χ0n) is 11.9. The normalized spacial score (nSPS) is 42.3. The van der Waals surface area contributed by atoms with Gasteiger partial charge in [-0.1, -0.05) is 6.92 Å². The number of carbonyl (C=O) groups excluding carboxylic acids is 2. The van der Waals surface area contributed by atoms with E-state index in [9.17, 15) is 19.1 Å². The second-order valence-corrected chi connectivity index (χ2v) is 5.55. The van der Waals surface area contributed by atoms with Crippen molar-refractivity contribution in [1.29, 1.82) is 0 Å². The lowest BCUT2D eigenvalue weighted by atomic mass is 10.1. The van der Waals surface area contributed by atoms with Crippen LogP contribution in [0.1, 0.15) is 19.8 Å². The number of rotatable bonds is 3. The topological polar surface area (TPSA) is 108 Å². The van der Waals surface area contributed by atoms with Crippen molar-refractivity contribution in [3.8, 4) is 0 Å². The molecule has 0 aromatic carbocycles. The number of nitrogens with zero attached hydrogens (tertiary/aromatic N) is 2. The maximum Gasteiger partial charge on any atom is 0.454 e. The molecule has 3 aliphatic rings. The van der Waals surface area contributed by atoms with E-state index in [4.69, 9.17) is 9.84 Å². The molecular weight excluding hydrogens is 297 g/mol. The minimum Gasteiger partial charge on any atom is -0.394 e. The van der Waals surface area contributed by atoms with Crippen molar-refractivity contribution < 1.29 is 33.4 Å². The van der Waals surface area contributed by atoms with Gasteiger partial charge < -0.3 is 20.3 Å². The molecule has 22 heavy (non-hydrogen) atoms. The summed E-state index contributed by atoms with van der Waals surface area (Å²) in [5, 5.41) is 21.3. The molecule has 3 heterocycles. The average Bonchev–Trinajstić information content (AvgIpc) is 2.87. The Morgan fingerprint density at radius 1 is 1.64 bits per heavy atom. The standard InChI is InChI=1S/C13H16FN3O5/c1-2-3-9(19)15-8-4-5-17(12(21)16-8)11-13(17,14)10(20)7(6-18)22-11/h4-5,7,10-11,18,20H,2-3,6H2,1H3/p+1. The fourth-order valence-electron chi connectivity index (χ4n) is 3.01. The second-order valence-electron chi connectivity index (χ2n) is 5.55. The monoisotopic (exact) mass is 314 g/mol. The Morgan fingerprint density at radius 2 is 2.36 bits per heavy atom. The number of carbonyl (C=O) groups is 2. The number of hydrogen-bond acceptors (Lipinski definition) is 5. The Kier molecular flexibility index (Phi) is 3.40. The maximum absolute atomic E-state index is 14.9. The molecule has 2 saturated heterocycles. The van der Waals surface area contributed by atoms with Gasteiger partial charge in [0.2, 0.25) is 5.91 Å². The number of urea groups is 1. The van der Waals surface area contributed by atoms with Crippen LogP contribution in [0.4, 0.5) is 9.18 Å². The van der Waals surface area contributed by atoms with Gasteiger partial charge in [0.15, 0.2) is 6.10 Å². The van der Waals surface area contributed by atoms with Crippen LogP contribution in [0, 0.1) is 0 Å². The largest absolute Gasteiger partial charge is 0.454 e. The van der Waals surface area contributed by atoms with Crippen LogP contribution in [-0.4, -0.2) is 63.3 Å². The molecule has 120 valence electrons. The van der Waals surface area contributed by atoms with E-state index in [1.807, 2.05) is 6.92 Å². The number of aliphatic hydroxyl groups excluding tert-OH is 2. The Morgan fingerprint density at radius 3 is 2.86 bits per heavy atom. The first kappa shape index (κ1) is 15.2. The number of ether oxygens (including phenoxy) is 1. The third-order valence-electron chi connectivity index (χ3n) is 4.21. The summed E-state index contributed by atoms with van der Waals surface area (Å²) < 4.78 is 19.2. The maximum atomic E-state index is 14.9. The quantitative estimate of drug-likeness (QED) is 0.370. The molecule has 2 fully saturated rings. The summed E-state index contributed by atoms with van der Waals surface area (Å²) in [4.78, 5) is 27.3. The van der Waals surface area contributed by atoms with Crippen molar-refractivity contribution in [3.63, 3.8) is 0 Å². The molecule has 3 aliphatic heterocycles. The van der Waals surface area contributed by atoms with Gasteiger partial charge in [0.05, 0.1) is 6.61 Å². The Bertz CT molecular complexity index is 594. The van der Waals surface area contributed by atoms with E-state index in [0.29, 0.717) is 6.42 Å².